The van der Waals surface area contributed by atoms with Crippen LogP contribution >= 0.6 is 0 Å². The van der Waals surface area contributed by atoms with Crippen LogP contribution in [0.1, 0.15) is 16.7 Å². The number of halogens is 3. The highest BCUT2D eigenvalue weighted by molar-refractivity contribution is 5.73. The first-order chi connectivity index (χ1) is 14.4. The van der Waals surface area contributed by atoms with Crippen LogP contribution in [0.4, 0.5) is 24.7 Å². The van der Waals surface area contributed by atoms with Gasteiger partial charge in [0.2, 0.25) is 5.88 Å². The van der Waals surface area contributed by atoms with Gasteiger partial charge >= 0.3 is 12.1 Å². The molecule has 1 aliphatic rings. The second kappa shape index (κ2) is 9.40. The van der Waals surface area contributed by atoms with E-state index in [9.17, 15) is 13.2 Å². The van der Waals surface area contributed by atoms with Gasteiger partial charge in [0.1, 0.15) is 35.6 Å². The number of hydrogen-bond acceptors (Lipinski definition) is 8. The zero-order valence-electron chi connectivity index (χ0n) is 16.7. The minimum Gasteiger partial charge on any atom is -0.492 e. The van der Waals surface area contributed by atoms with Crippen LogP contribution in [-0.2, 0) is 11.2 Å². The summed E-state index contributed by atoms with van der Waals surface area (Å²) in [6.45, 7) is 1.42. The Bertz CT molecular complexity index is 1020. The number of fused-ring (bicyclic) bond motifs is 2. The van der Waals surface area contributed by atoms with Crippen LogP contribution in [0.25, 0.3) is 0 Å². The highest BCUT2D eigenvalue weighted by atomic mass is 19.4. The average molecular weight is 439 g/mol. The third-order valence-electron chi connectivity index (χ3n) is 4.10. The maximum Gasteiger partial charge on any atom is 0.490 e. The second-order valence-electron chi connectivity index (χ2n) is 6.68. The summed E-state index contributed by atoms with van der Waals surface area (Å²) in [5.41, 5.74) is 14.0. The number of nitrogens with two attached hydrogens (primary N) is 2. The normalized spacial score (nSPS) is 11.9. The molecule has 12 heteroatoms. The number of aliphatic carboxylic acids is 1. The van der Waals surface area contributed by atoms with Gasteiger partial charge in [-0.15, -0.1) is 0 Å². The third kappa shape index (κ3) is 5.89. The number of carbonyl (C=O) groups is 1. The SMILES string of the molecule is CN(C)CCOc1ccc2c(c1)Oc1nc(N)c(C#N)c(N)c1C2.O=C(O)C(F)(F)F. The molecule has 0 radical (unpaired) electrons. The van der Waals surface area contributed by atoms with E-state index < -0.39 is 12.1 Å². The van der Waals surface area contributed by atoms with E-state index in [0.717, 1.165) is 17.9 Å². The van der Waals surface area contributed by atoms with Crippen molar-refractivity contribution >= 4 is 17.5 Å². The molecule has 0 fully saturated rings. The molecule has 0 unspecified atom stereocenters. The van der Waals surface area contributed by atoms with Crippen molar-refractivity contribution in [3.8, 4) is 23.4 Å². The van der Waals surface area contributed by atoms with Crippen molar-refractivity contribution in [1.82, 2.24) is 9.88 Å². The Labute approximate surface area is 175 Å². The number of nitrogen functional groups attached to an aromatic ring is 2. The monoisotopic (exact) mass is 439 g/mol. The molecule has 0 amide bonds. The Balaban J connectivity index is 0.000000423. The van der Waals surface area contributed by atoms with Gasteiger partial charge in [0.25, 0.3) is 0 Å². The van der Waals surface area contributed by atoms with Crippen molar-refractivity contribution in [2.24, 2.45) is 0 Å². The van der Waals surface area contributed by atoms with Gasteiger partial charge in [0.15, 0.2) is 0 Å². The molecule has 5 N–H and O–H groups in total. The van der Waals surface area contributed by atoms with Crippen LogP contribution in [-0.4, -0.2) is 54.4 Å². The molecule has 2 heterocycles. The maximum absolute atomic E-state index is 10.6. The van der Waals surface area contributed by atoms with Crippen molar-refractivity contribution in [3.63, 3.8) is 0 Å². The zero-order valence-corrected chi connectivity index (χ0v) is 16.7. The van der Waals surface area contributed by atoms with Crippen LogP contribution in [0.2, 0.25) is 0 Å². The van der Waals surface area contributed by atoms with Gasteiger partial charge in [-0.05, 0) is 25.7 Å². The molecule has 0 aliphatic carbocycles. The van der Waals surface area contributed by atoms with Gasteiger partial charge in [-0.25, -0.2) is 4.79 Å². The summed E-state index contributed by atoms with van der Waals surface area (Å²) < 4.78 is 43.3. The molecule has 3 rings (SSSR count). The van der Waals surface area contributed by atoms with E-state index >= 15 is 0 Å². The molecule has 9 nitrogen and oxygen atoms in total. The van der Waals surface area contributed by atoms with Crippen molar-refractivity contribution in [2.45, 2.75) is 12.6 Å². The van der Waals surface area contributed by atoms with Crippen molar-refractivity contribution in [3.05, 3.63) is 34.9 Å². The number of hydrogen-bond donors (Lipinski definition) is 3. The largest absolute Gasteiger partial charge is 0.492 e. The lowest BCUT2D eigenvalue weighted by Gasteiger charge is -2.22. The summed E-state index contributed by atoms with van der Waals surface area (Å²) in [6, 6.07) is 7.65. The zero-order chi connectivity index (χ0) is 23.3. The highest BCUT2D eigenvalue weighted by Gasteiger charge is 2.38. The number of pyridine rings is 1. The molecule has 31 heavy (non-hydrogen) atoms. The number of nitriles is 1. The first-order valence-electron chi connectivity index (χ1n) is 8.80. The number of carboxylic acids is 1. The van der Waals surface area contributed by atoms with Crippen LogP contribution in [0.15, 0.2) is 18.2 Å². The molecule has 2 aromatic rings. The van der Waals surface area contributed by atoms with E-state index in [4.69, 9.17) is 36.1 Å². The minimum absolute atomic E-state index is 0.0792. The number of rotatable bonds is 4. The van der Waals surface area contributed by atoms with E-state index in [-0.39, 0.29) is 11.4 Å². The number of ether oxygens (including phenoxy) is 2. The van der Waals surface area contributed by atoms with Crippen molar-refractivity contribution in [2.75, 3.05) is 38.7 Å². The fourth-order valence-electron chi connectivity index (χ4n) is 2.52. The number of alkyl halides is 3. The number of benzene rings is 1. The Kier molecular flexibility index (Phi) is 7.14. The molecule has 166 valence electrons. The molecule has 0 atom stereocenters. The Hall–Kier alpha value is -3.72. The molecule has 1 aromatic carbocycles. The predicted octanol–water partition coefficient (Wildman–Crippen LogP) is 2.39. The number of likely N-dealkylation sites (N-methyl/N-ethyl adjacent to an activating group) is 1. The van der Waals surface area contributed by atoms with E-state index in [2.05, 4.69) is 4.98 Å². The molecular formula is C19H20F3N5O4. The second-order valence-corrected chi connectivity index (χ2v) is 6.68. The average Bonchev–Trinajstić information content (AvgIpc) is 2.66. The lowest BCUT2D eigenvalue weighted by Crippen LogP contribution is -2.21. The molecule has 0 spiro atoms. The Morgan fingerprint density at radius 2 is 2.03 bits per heavy atom. The molecule has 1 aliphatic heterocycles. The van der Waals surface area contributed by atoms with E-state index in [1.165, 1.54) is 0 Å². The smallest absolute Gasteiger partial charge is 0.490 e. The van der Waals surface area contributed by atoms with Gasteiger partial charge in [0.05, 0.1) is 5.69 Å². The lowest BCUT2D eigenvalue weighted by atomic mass is 9.99. The topological polar surface area (TPSA) is 148 Å². The summed E-state index contributed by atoms with van der Waals surface area (Å²) in [6.07, 6.45) is -4.55. The van der Waals surface area contributed by atoms with E-state index in [0.29, 0.717) is 35.9 Å². The third-order valence-corrected chi connectivity index (χ3v) is 4.10. The fourth-order valence-corrected chi connectivity index (χ4v) is 2.52. The Morgan fingerprint density at radius 3 is 2.58 bits per heavy atom. The number of aromatic nitrogens is 1. The van der Waals surface area contributed by atoms with Gasteiger partial charge in [-0.3, -0.25) is 0 Å². The molecule has 0 saturated carbocycles. The molecule has 0 saturated heterocycles. The maximum atomic E-state index is 10.6. The Morgan fingerprint density at radius 1 is 1.39 bits per heavy atom. The molecule has 0 bridgehead atoms. The first-order valence-corrected chi connectivity index (χ1v) is 8.80. The van der Waals surface area contributed by atoms with Crippen LogP contribution < -0.4 is 20.9 Å². The van der Waals surface area contributed by atoms with Gasteiger partial charge in [-0.1, -0.05) is 6.07 Å². The number of anilines is 2. The van der Waals surface area contributed by atoms with E-state index in [1.54, 1.807) is 0 Å². The summed E-state index contributed by atoms with van der Waals surface area (Å²) in [5.74, 6) is -0.931. The van der Waals surface area contributed by atoms with Gasteiger partial charge < -0.3 is 30.9 Å². The van der Waals surface area contributed by atoms with Crippen molar-refractivity contribution in [1.29, 1.82) is 5.26 Å². The van der Waals surface area contributed by atoms with Gasteiger partial charge in [0, 0.05) is 24.6 Å². The van der Waals surface area contributed by atoms with Gasteiger partial charge in [-0.2, -0.15) is 23.4 Å². The first kappa shape index (κ1) is 23.6. The van der Waals surface area contributed by atoms with Crippen LogP contribution in [0.5, 0.6) is 17.4 Å². The standard InChI is InChI=1S/C17H19N5O2.C2HF3O2/c1-22(2)5-6-23-11-4-3-10-7-12-15(19)13(9-18)16(20)21-17(12)24-14(10)8-11;3-2(4,5)1(6)7/h3-4,8H,5-7H2,1-2H3,(H4,19,20,21);(H,6,7). The fraction of sp³-hybridized carbons (Fsp3) is 0.316. The molecule has 1 aromatic heterocycles. The summed E-state index contributed by atoms with van der Waals surface area (Å²) in [5, 5.41) is 16.3. The summed E-state index contributed by atoms with van der Waals surface area (Å²) in [4.78, 5) is 15.1. The number of carboxylic acid groups (broad SMARTS) is 1. The molecular weight excluding hydrogens is 419 g/mol. The highest BCUT2D eigenvalue weighted by Crippen LogP contribution is 2.41. The van der Waals surface area contributed by atoms with Crippen LogP contribution in [0, 0.1) is 11.3 Å². The van der Waals surface area contributed by atoms with Crippen molar-refractivity contribution < 1.29 is 32.5 Å². The van der Waals surface area contributed by atoms with Crippen LogP contribution in [0.3, 0.4) is 0 Å². The summed E-state index contributed by atoms with van der Waals surface area (Å²) in [7, 11) is 3.98. The minimum atomic E-state index is -5.08. The summed E-state index contributed by atoms with van der Waals surface area (Å²) >= 11 is 0. The predicted molar refractivity (Wildman–Crippen MR) is 105 cm³/mol. The van der Waals surface area contributed by atoms with E-state index in [1.807, 2.05) is 43.3 Å². The quantitative estimate of drug-likeness (QED) is 0.557. The number of nitrogens with zero attached hydrogens (tertiary/aromatic N) is 3. The lowest BCUT2D eigenvalue weighted by molar-refractivity contribution is -0.192.